The van der Waals surface area contributed by atoms with Gasteiger partial charge in [-0.05, 0) is 6.92 Å². The number of hydrogen-bond acceptors (Lipinski definition) is 5. The SMILES string of the molecule is C[C@H](O)C(=O)NS(=O)(=O)C1COC1. The fourth-order valence-electron chi connectivity index (χ4n) is 0.702. The number of hydrogen-bond donors (Lipinski definition) is 2. The van der Waals surface area contributed by atoms with Crippen molar-refractivity contribution in [1.29, 1.82) is 0 Å². The Bertz CT molecular complexity index is 292. The molecule has 1 saturated heterocycles. The third-order valence-corrected chi connectivity index (χ3v) is 3.30. The Hall–Kier alpha value is -0.660. The third-order valence-electron chi connectivity index (χ3n) is 1.67. The molecule has 1 aliphatic rings. The molecule has 0 aliphatic carbocycles. The van der Waals surface area contributed by atoms with Gasteiger partial charge in [-0.2, -0.15) is 0 Å². The van der Waals surface area contributed by atoms with Crippen LogP contribution < -0.4 is 4.72 Å². The summed E-state index contributed by atoms with van der Waals surface area (Å²) in [5.74, 6) is -0.910. The molecule has 0 saturated carbocycles. The van der Waals surface area contributed by atoms with Crippen molar-refractivity contribution in [3.63, 3.8) is 0 Å². The fraction of sp³-hybridized carbons (Fsp3) is 0.833. The van der Waals surface area contributed by atoms with Gasteiger partial charge in [-0.1, -0.05) is 0 Å². The van der Waals surface area contributed by atoms with Gasteiger partial charge in [-0.25, -0.2) is 8.42 Å². The van der Waals surface area contributed by atoms with E-state index in [4.69, 9.17) is 5.11 Å². The minimum Gasteiger partial charge on any atom is -0.384 e. The second-order valence-electron chi connectivity index (χ2n) is 2.85. The zero-order chi connectivity index (χ0) is 10.1. The van der Waals surface area contributed by atoms with E-state index in [1.165, 1.54) is 6.92 Å². The van der Waals surface area contributed by atoms with Crippen molar-refractivity contribution < 1.29 is 23.1 Å². The van der Waals surface area contributed by atoms with Crippen LogP contribution in [0.3, 0.4) is 0 Å². The van der Waals surface area contributed by atoms with Gasteiger partial charge < -0.3 is 9.84 Å². The fourth-order valence-corrected chi connectivity index (χ4v) is 1.87. The molecule has 0 spiro atoms. The maximum Gasteiger partial charge on any atom is 0.261 e. The summed E-state index contributed by atoms with van der Waals surface area (Å²) in [5, 5.41) is 8.08. The molecule has 0 aromatic heterocycles. The first kappa shape index (κ1) is 10.4. The van der Waals surface area contributed by atoms with E-state index in [-0.39, 0.29) is 13.2 Å². The molecule has 2 N–H and O–H groups in total. The molecule has 1 rings (SSSR count). The average Bonchev–Trinajstić information content (AvgIpc) is 1.79. The second-order valence-corrected chi connectivity index (χ2v) is 4.81. The van der Waals surface area contributed by atoms with Crippen LogP contribution in [-0.4, -0.2) is 44.0 Å². The molecule has 6 nitrogen and oxygen atoms in total. The van der Waals surface area contributed by atoms with Crippen LogP contribution in [0.15, 0.2) is 0 Å². The van der Waals surface area contributed by atoms with Gasteiger partial charge >= 0.3 is 0 Å². The number of rotatable bonds is 3. The Morgan fingerprint density at radius 2 is 2.15 bits per heavy atom. The monoisotopic (exact) mass is 209 g/mol. The van der Waals surface area contributed by atoms with Gasteiger partial charge in [0.05, 0.1) is 13.2 Å². The zero-order valence-corrected chi connectivity index (χ0v) is 7.87. The smallest absolute Gasteiger partial charge is 0.261 e. The summed E-state index contributed by atoms with van der Waals surface area (Å²) in [4.78, 5) is 10.8. The molecular weight excluding hydrogens is 198 g/mol. The summed E-state index contributed by atoms with van der Waals surface area (Å²) in [5.41, 5.74) is 0. The second kappa shape index (κ2) is 3.60. The number of sulfonamides is 1. The van der Waals surface area contributed by atoms with Crippen molar-refractivity contribution in [3.8, 4) is 0 Å². The van der Waals surface area contributed by atoms with Gasteiger partial charge in [-0.3, -0.25) is 9.52 Å². The van der Waals surface area contributed by atoms with Gasteiger partial charge in [0.25, 0.3) is 5.91 Å². The number of amides is 1. The lowest BCUT2D eigenvalue weighted by Crippen LogP contribution is -2.50. The van der Waals surface area contributed by atoms with E-state index in [9.17, 15) is 13.2 Å². The Morgan fingerprint density at radius 3 is 2.46 bits per heavy atom. The number of carbonyl (C=O) groups is 1. The van der Waals surface area contributed by atoms with E-state index in [2.05, 4.69) is 4.74 Å². The summed E-state index contributed by atoms with van der Waals surface area (Å²) >= 11 is 0. The van der Waals surface area contributed by atoms with Crippen LogP contribution in [0.4, 0.5) is 0 Å². The molecule has 1 fully saturated rings. The van der Waals surface area contributed by atoms with Gasteiger partial charge in [0.1, 0.15) is 11.4 Å². The number of aliphatic hydroxyl groups excluding tert-OH is 1. The highest BCUT2D eigenvalue weighted by Crippen LogP contribution is 2.10. The molecule has 0 bridgehead atoms. The summed E-state index contributed by atoms with van der Waals surface area (Å²) in [6.07, 6.45) is -1.32. The van der Waals surface area contributed by atoms with Crippen LogP contribution in [0.25, 0.3) is 0 Å². The van der Waals surface area contributed by atoms with Crippen LogP contribution in [-0.2, 0) is 19.6 Å². The van der Waals surface area contributed by atoms with Gasteiger partial charge in [-0.15, -0.1) is 0 Å². The molecule has 0 aromatic rings. The maximum atomic E-state index is 11.2. The van der Waals surface area contributed by atoms with E-state index < -0.39 is 27.3 Å². The van der Waals surface area contributed by atoms with Crippen molar-refractivity contribution in [3.05, 3.63) is 0 Å². The number of nitrogens with one attached hydrogen (secondary N) is 1. The molecule has 1 aliphatic heterocycles. The van der Waals surface area contributed by atoms with Crippen LogP contribution in [0.5, 0.6) is 0 Å². The van der Waals surface area contributed by atoms with Crippen LogP contribution in [0.1, 0.15) is 6.92 Å². The Kier molecular flexibility index (Phi) is 2.89. The zero-order valence-electron chi connectivity index (χ0n) is 7.06. The highest BCUT2D eigenvalue weighted by atomic mass is 32.2. The molecular formula is C6H11NO5S. The quantitative estimate of drug-likeness (QED) is 0.572. The number of ether oxygens (including phenoxy) is 1. The van der Waals surface area contributed by atoms with E-state index in [1.807, 2.05) is 0 Å². The first-order chi connectivity index (χ1) is 5.93. The average molecular weight is 209 g/mol. The Morgan fingerprint density at radius 1 is 1.62 bits per heavy atom. The summed E-state index contributed by atoms with van der Waals surface area (Å²) in [6.45, 7) is 1.40. The molecule has 76 valence electrons. The van der Waals surface area contributed by atoms with E-state index in [1.54, 1.807) is 4.72 Å². The normalized spacial score (nSPS) is 20.5. The largest absolute Gasteiger partial charge is 0.384 e. The van der Waals surface area contributed by atoms with Crippen molar-refractivity contribution >= 4 is 15.9 Å². The molecule has 1 heterocycles. The Balaban J connectivity index is 2.56. The van der Waals surface area contributed by atoms with E-state index in [0.717, 1.165) is 0 Å². The minimum absolute atomic E-state index is 0.0996. The van der Waals surface area contributed by atoms with Gasteiger partial charge in [0.15, 0.2) is 0 Å². The van der Waals surface area contributed by atoms with E-state index >= 15 is 0 Å². The highest BCUT2D eigenvalue weighted by Gasteiger charge is 2.34. The lowest BCUT2D eigenvalue weighted by Gasteiger charge is -2.25. The Labute approximate surface area is 75.9 Å². The first-order valence-corrected chi connectivity index (χ1v) is 5.29. The first-order valence-electron chi connectivity index (χ1n) is 3.75. The number of carbonyl (C=O) groups excluding carboxylic acids is 1. The minimum atomic E-state index is -3.65. The maximum absolute atomic E-state index is 11.2. The third kappa shape index (κ3) is 2.39. The summed E-state index contributed by atoms with van der Waals surface area (Å²) in [6, 6.07) is 0. The molecule has 0 aromatic carbocycles. The van der Waals surface area contributed by atoms with Crippen molar-refractivity contribution in [2.75, 3.05) is 13.2 Å². The van der Waals surface area contributed by atoms with Crippen molar-refractivity contribution in [1.82, 2.24) is 4.72 Å². The van der Waals surface area contributed by atoms with Gasteiger partial charge in [0, 0.05) is 0 Å². The number of aliphatic hydroxyl groups is 1. The lowest BCUT2D eigenvalue weighted by atomic mass is 10.4. The predicted octanol–water partition coefficient (Wildman–Crippen LogP) is -1.79. The molecule has 1 amide bonds. The molecule has 13 heavy (non-hydrogen) atoms. The lowest BCUT2D eigenvalue weighted by molar-refractivity contribution is -0.126. The topological polar surface area (TPSA) is 92.7 Å². The standard InChI is InChI=1S/C6H11NO5S/c1-4(8)6(9)7-13(10,11)5-2-12-3-5/h4-5,8H,2-3H2,1H3,(H,7,9)/t4-/m0/s1. The van der Waals surface area contributed by atoms with Crippen LogP contribution >= 0.6 is 0 Å². The molecule has 0 radical (unpaired) electrons. The van der Waals surface area contributed by atoms with Crippen LogP contribution in [0.2, 0.25) is 0 Å². The summed E-state index contributed by atoms with van der Waals surface area (Å²) < 4.78 is 28.8. The van der Waals surface area contributed by atoms with Crippen molar-refractivity contribution in [2.24, 2.45) is 0 Å². The predicted molar refractivity (Wildman–Crippen MR) is 43.4 cm³/mol. The summed E-state index contributed by atoms with van der Waals surface area (Å²) in [7, 11) is -3.65. The van der Waals surface area contributed by atoms with Gasteiger partial charge in [0.2, 0.25) is 10.0 Å². The van der Waals surface area contributed by atoms with Crippen LogP contribution in [0, 0.1) is 0 Å². The van der Waals surface area contributed by atoms with Crippen molar-refractivity contribution in [2.45, 2.75) is 18.3 Å². The molecule has 1 atom stereocenters. The molecule has 0 unspecified atom stereocenters. The van der Waals surface area contributed by atoms with E-state index in [0.29, 0.717) is 0 Å². The molecule has 7 heteroatoms. The highest BCUT2D eigenvalue weighted by molar-refractivity contribution is 7.90.